The van der Waals surface area contributed by atoms with Crippen LogP contribution in [-0.4, -0.2) is 12.6 Å². The Morgan fingerprint density at radius 2 is 2.20 bits per heavy atom. The molecule has 84 valence electrons. The summed E-state index contributed by atoms with van der Waals surface area (Å²) in [5, 5.41) is 3.59. The van der Waals surface area contributed by atoms with Crippen LogP contribution in [0.3, 0.4) is 0 Å². The van der Waals surface area contributed by atoms with Crippen molar-refractivity contribution < 1.29 is 0 Å². The van der Waals surface area contributed by atoms with E-state index in [2.05, 4.69) is 25.2 Å². The first-order valence-corrected chi connectivity index (χ1v) is 6.85. The summed E-state index contributed by atoms with van der Waals surface area (Å²) in [5.74, 6) is 1.29. The first-order valence-electron chi connectivity index (χ1n) is 5.65. The van der Waals surface area contributed by atoms with E-state index in [9.17, 15) is 0 Å². The fourth-order valence-corrected chi connectivity index (χ4v) is 2.92. The monoisotopic (exact) mass is 243 g/mol. The molecule has 0 spiro atoms. The van der Waals surface area contributed by atoms with Crippen molar-refractivity contribution in [1.82, 2.24) is 5.32 Å². The maximum atomic E-state index is 5.95. The molecule has 1 aromatic heterocycles. The molecule has 1 saturated carbocycles. The second-order valence-corrected chi connectivity index (χ2v) is 6.34. The summed E-state index contributed by atoms with van der Waals surface area (Å²) in [6, 6.07) is 4.97. The smallest absolute Gasteiger partial charge is 0.0931 e. The summed E-state index contributed by atoms with van der Waals surface area (Å²) in [6.45, 7) is 5.73. The summed E-state index contributed by atoms with van der Waals surface area (Å²) in [7, 11) is 0. The highest BCUT2D eigenvalue weighted by molar-refractivity contribution is 7.16. The Hall–Kier alpha value is -0.0500. The highest BCUT2D eigenvalue weighted by Gasteiger charge is 2.23. The summed E-state index contributed by atoms with van der Waals surface area (Å²) < 4.78 is 0.902. The van der Waals surface area contributed by atoms with Crippen LogP contribution in [0.1, 0.15) is 37.5 Å². The predicted molar refractivity (Wildman–Crippen MR) is 67.9 cm³/mol. The fourth-order valence-electron chi connectivity index (χ4n) is 1.67. The average Bonchev–Trinajstić information content (AvgIpc) is 2.95. The van der Waals surface area contributed by atoms with E-state index in [1.807, 2.05) is 6.07 Å². The Labute approximate surface area is 101 Å². The van der Waals surface area contributed by atoms with Crippen molar-refractivity contribution in [2.45, 2.75) is 38.6 Å². The van der Waals surface area contributed by atoms with Crippen molar-refractivity contribution in [3.05, 3.63) is 21.3 Å². The highest BCUT2D eigenvalue weighted by Crippen LogP contribution is 2.32. The zero-order chi connectivity index (χ0) is 10.8. The summed E-state index contributed by atoms with van der Waals surface area (Å²) in [4.78, 5) is 1.41. The van der Waals surface area contributed by atoms with Crippen molar-refractivity contribution >= 4 is 22.9 Å². The van der Waals surface area contributed by atoms with E-state index in [1.54, 1.807) is 11.3 Å². The number of halogens is 1. The summed E-state index contributed by atoms with van der Waals surface area (Å²) in [6.07, 6.45) is 2.73. The van der Waals surface area contributed by atoms with Crippen molar-refractivity contribution in [3.63, 3.8) is 0 Å². The molecule has 3 heteroatoms. The minimum absolute atomic E-state index is 0.605. The molecule has 0 bridgehead atoms. The molecule has 0 amide bonds. The number of hydrogen-bond donors (Lipinski definition) is 1. The van der Waals surface area contributed by atoms with Gasteiger partial charge in [0, 0.05) is 10.9 Å². The molecule has 2 rings (SSSR count). The Morgan fingerprint density at radius 1 is 1.47 bits per heavy atom. The number of thiophene rings is 1. The van der Waals surface area contributed by atoms with Crippen LogP contribution in [0.2, 0.25) is 4.34 Å². The normalized spacial score (nSPS) is 20.2. The summed E-state index contributed by atoms with van der Waals surface area (Å²) in [5.41, 5.74) is 0. The minimum Gasteiger partial charge on any atom is -0.314 e. The van der Waals surface area contributed by atoms with Crippen LogP contribution in [0, 0.1) is 5.92 Å². The van der Waals surface area contributed by atoms with E-state index < -0.39 is 0 Å². The van der Waals surface area contributed by atoms with Crippen LogP contribution in [0.15, 0.2) is 12.1 Å². The van der Waals surface area contributed by atoms with E-state index >= 15 is 0 Å². The quantitative estimate of drug-likeness (QED) is 0.827. The first-order chi connectivity index (χ1) is 7.16. The molecule has 1 nitrogen and oxygen atoms in total. The maximum absolute atomic E-state index is 5.95. The number of hydrogen-bond acceptors (Lipinski definition) is 2. The Balaban J connectivity index is 1.85. The van der Waals surface area contributed by atoms with Crippen LogP contribution in [0.5, 0.6) is 0 Å². The Bertz CT molecular complexity index is 319. The molecular formula is C12H18ClNS. The molecule has 2 unspecified atom stereocenters. The van der Waals surface area contributed by atoms with Crippen LogP contribution in [-0.2, 0) is 0 Å². The van der Waals surface area contributed by atoms with Gasteiger partial charge in [0.25, 0.3) is 0 Å². The molecule has 0 aliphatic heterocycles. The van der Waals surface area contributed by atoms with Gasteiger partial charge in [-0.3, -0.25) is 0 Å². The molecule has 1 aliphatic carbocycles. The van der Waals surface area contributed by atoms with Gasteiger partial charge >= 0.3 is 0 Å². The van der Waals surface area contributed by atoms with Crippen molar-refractivity contribution in [2.24, 2.45) is 5.92 Å². The molecule has 1 N–H and O–H groups in total. The van der Waals surface area contributed by atoms with Gasteiger partial charge in [0.05, 0.1) is 4.34 Å². The third kappa shape index (κ3) is 3.20. The Morgan fingerprint density at radius 3 is 2.73 bits per heavy atom. The van der Waals surface area contributed by atoms with E-state index in [-0.39, 0.29) is 0 Å². The van der Waals surface area contributed by atoms with Gasteiger partial charge in [-0.2, -0.15) is 0 Å². The van der Waals surface area contributed by atoms with Crippen LogP contribution < -0.4 is 5.32 Å². The van der Waals surface area contributed by atoms with Gasteiger partial charge in [-0.15, -0.1) is 11.3 Å². The van der Waals surface area contributed by atoms with Gasteiger partial charge in [-0.05, 0) is 43.4 Å². The van der Waals surface area contributed by atoms with E-state index in [4.69, 9.17) is 11.6 Å². The Kier molecular flexibility index (Phi) is 3.70. The van der Waals surface area contributed by atoms with E-state index in [1.165, 1.54) is 17.7 Å². The molecule has 1 aliphatic rings. The molecular weight excluding hydrogens is 226 g/mol. The van der Waals surface area contributed by atoms with Crippen molar-refractivity contribution in [2.75, 3.05) is 6.54 Å². The number of nitrogens with one attached hydrogen (secondary N) is 1. The maximum Gasteiger partial charge on any atom is 0.0931 e. The van der Waals surface area contributed by atoms with E-state index in [0.29, 0.717) is 11.8 Å². The molecule has 2 atom stereocenters. The molecule has 1 heterocycles. The average molecular weight is 244 g/mol. The summed E-state index contributed by atoms with van der Waals surface area (Å²) >= 11 is 7.66. The predicted octanol–water partition coefficient (Wildman–Crippen LogP) is 3.89. The van der Waals surface area contributed by atoms with Crippen LogP contribution in [0.4, 0.5) is 0 Å². The molecule has 1 aromatic rings. The fraction of sp³-hybridized carbons (Fsp3) is 0.667. The lowest BCUT2D eigenvalue weighted by Crippen LogP contribution is -2.25. The third-order valence-corrected chi connectivity index (χ3v) is 4.63. The molecule has 0 aromatic carbocycles. The highest BCUT2D eigenvalue weighted by atomic mass is 35.5. The first kappa shape index (κ1) is 11.4. The molecule has 0 radical (unpaired) electrons. The lowest BCUT2D eigenvalue weighted by atomic mass is 9.94. The minimum atomic E-state index is 0.605. The van der Waals surface area contributed by atoms with Crippen LogP contribution in [0.25, 0.3) is 0 Å². The van der Waals surface area contributed by atoms with Gasteiger partial charge in [0.2, 0.25) is 0 Å². The van der Waals surface area contributed by atoms with Gasteiger partial charge < -0.3 is 5.32 Å². The van der Waals surface area contributed by atoms with E-state index in [0.717, 1.165) is 16.9 Å². The third-order valence-electron chi connectivity index (χ3n) is 3.20. The van der Waals surface area contributed by atoms with Gasteiger partial charge in [0.1, 0.15) is 0 Å². The van der Waals surface area contributed by atoms with Gasteiger partial charge in [0.15, 0.2) is 0 Å². The standard InChI is InChI=1S/C12H18ClNS/c1-8(7-14-10-3-4-10)9(2)11-5-6-12(13)15-11/h5-6,8-10,14H,3-4,7H2,1-2H3. The molecule has 15 heavy (non-hydrogen) atoms. The lowest BCUT2D eigenvalue weighted by Gasteiger charge is -2.19. The number of rotatable bonds is 5. The largest absolute Gasteiger partial charge is 0.314 e. The van der Waals surface area contributed by atoms with Gasteiger partial charge in [-0.25, -0.2) is 0 Å². The van der Waals surface area contributed by atoms with Crippen molar-refractivity contribution in [3.8, 4) is 0 Å². The lowest BCUT2D eigenvalue weighted by molar-refractivity contribution is 0.450. The second kappa shape index (κ2) is 4.86. The van der Waals surface area contributed by atoms with Crippen LogP contribution >= 0.6 is 22.9 Å². The topological polar surface area (TPSA) is 12.0 Å². The zero-order valence-electron chi connectivity index (χ0n) is 9.29. The van der Waals surface area contributed by atoms with Crippen molar-refractivity contribution in [1.29, 1.82) is 0 Å². The SMILES string of the molecule is CC(CNC1CC1)C(C)c1ccc(Cl)s1. The zero-order valence-corrected chi connectivity index (χ0v) is 10.9. The molecule has 0 saturated heterocycles. The molecule has 1 fully saturated rings. The van der Waals surface area contributed by atoms with Gasteiger partial charge in [-0.1, -0.05) is 25.4 Å². The second-order valence-electron chi connectivity index (χ2n) is 4.59.